The average Bonchev–Trinajstić information content (AvgIpc) is 2.60. The zero-order valence-electron chi connectivity index (χ0n) is 14.5. The van der Waals surface area contributed by atoms with Gasteiger partial charge in [0.1, 0.15) is 0 Å². The van der Waals surface area contributed by atoms with E-state index in [1.54, 1.807) is 12.1 Å². The molecule has 0 saturated heterocycles. The van der Waals surface area contributed by atoms with Gasteiger partial charge in [0, 0.05) is 19.5 Å². The summed E-state index contributed by atoms with van der Waals surface area (Å²) in [7, 11) is 1.50. The van der Waals surface area contributed by atoms with E-state index >= 15 is 0 Å². The molecule has 1 N–H and O–H groups in total. The predicted molar refractivity (Wildman–Crippen MR) is 96.4 cm³/mol. The number of nitrogens with one attached hydrogen (secondary N) is 1. The largest absolute Gasteiger partial charge is 0.493 e. The van der Waals surface area contributed by atoms with Crippen LogP contribution in [0.5, 0.6) is 11.5 Å². The van der Waals surface area contributed by atoms with E-state index in [4.69, 9.17) is 9.47 Å². The van der Waals surface area contributed by atoms with Crippen molar-refractivity contribution in [1.82, 2.24) is 5.32 Å². The van der Waals surface area contributed by atoms with Gasteiger partial charge >= 0.3 is 5.97 Å². The number of benzene rings is 2. The predicted octanol–water partition coefficient (Wildman–Crippen LogP) is 3.26. The van der Waals surface area contributed by atoms with Gasteiger partial charge in [-0.3, -0.25) is 9.59 Å². The van der Waals surface area contributed by atoms with Crippen LogP contribution in [0.3, 0.4) is 0 Å². The molecule has 0 radical (unpaired) electrons. The molecule has 0 bridgehead atoms. The van der Waals surface area contributed by atoms with Crippen molar-refractivity contribution in [3.8, 4) is 11.5 Å². The maximum absolute atomic E-state index is 11.9. The molecule has 0 aliphatic heterocycles. The molecular weight excluding hydrogens is 318 g/mol. The van der Waals surface area contributed by atoms with Crippen molar-refractivity contribution in [1.29, 1.82) is 0 Å². The van der Waals surface area contributed by atoms with Crippen molar-refractivity contribution >= 4 is 18.0 Å². The number of aryl methyl sites for hydroxylation is 1. The second-order valence-corrected chi connectivity index (χ2v) is 5.50. The highest BCUT2D eigenvalue weighted by Crippen LogP contribution is 2.32. The Labute approximate surface area is 147 Å². The molecule has 0 unspecified atom stereocenters. The molecule has 130 valence electrons. The first kappa shape index (κ1) is 18.3. The maximum atomic E-state index is 11.9. The molecule has 0 atom stereocenters. The molecule has 5 heteroatoms. The first-order valence-corrected chi connectivity index (χ1v) is 7.86. The van der Waals surface area contributed by atoms with E-state index in [1.807, 2.05) is 43.3 Å². The van der Waals surface area contributed by atoms with Gasteiger partial charge in [0.2, 0.25) is 5.91 Å². The standard InChI is InChI=1S/C20H21NO4/c1-14-11-17(12-18(24-3)20(14)25-15(2)22)9-10-19(23)21-13-16-7-5-4-6-8-16/h4-12H,13H2,1-3H3,(H,21,23)/b10-9+. The zero-order valence-corrected chi connectivity index (χ0v) is 14.5. The monoisotopic (exact) mass is 339 g/mol. The van der Waals surface area contributed by atoms with Crippen LogP contribution in [0.15, 0.2) is 48.5 Å². The van der Waals surface area contributed by atoms with Gasteiger partial charge in [-0.2, -0.15) is 0 Å². The summed E-state index contributed by atoms with van der Waals surface area (Å²) in [5.41, 5.74) is 2.56. The highest BCUT2D eigenvalue weighted by molar-refractivity contribution is 5.91. The number of amides is 1. The third-order valence-electron chi connectivity index (χ3n) is 3.47. The zero-order chi connectivity index (χ0) is 18.2. The molecule has 5 nitrogen and oxygen atoms in total. The summed E-state index contributed by atoms with van der Waals surface area (Å²) in [6.45, 7) is 3.62. The summed E-state index contributed by atoms with van der Waals surface area (Å²) >= 11 is 0. The van der Waals surface area contributed by atoms with Gasteiger partial charge in [0.15, 0.2) is 11.5 Å². The Hall–Kier alpha value is -3.08. The lowest BCUT2D eigenvalue weighted by molar-refractivity contribution is -0.132. The summed E-state index contributed by atoms with van der Waals surface area (Å²) in [6, 6.07) is 13.2. The SMILES string of the molecule is COc1cc(/C=C/C(=O)NCc2ccccc2)cc(C)c1OC(C)=O. The Kier molecular flexibility index (Phi) is 6.34. The summed E-state index contributed by atoms with van der Waals surface area (Å²) in [5, 5.41) is 2.82. The van der Waals surface area contributed by atoms with Gasteiger partial charge in [0.25, 0.3) is 0 Å². The van der Waals surface area contributed by atoms with Gasteiger partial charge in [-0.1, -0.05) is 30.3 Å². The van der Waals surface area contributed by atoms with Crippen LogP contribution in [0.1, 0.15) is 23.6 Å². The van der Waals surface area contributed by atoms with Crippen molar-refractivity contribution in [3.05, 3.63) is 65.2 Å². The van der Waals surface area contributed by atoms with Crippen LogP contribution < -0.4 is 14.8 Å². The summed E-state index contributed by atoms with van der Waals surface area (Å²) in [6.07, 6.45) is 3.15. The second-order valence-electron chi connectivity index (χ2n) is 5.50. The minimum Gasteiger partial charge on any atom is -0.493 e. The molecule has 0 aliphatic rings. The molecule has 0 aliphatic carbocycles. The number of carbonyl (C=O) groups excluding carboxylic acids is 2. The number of hydrogen-bond donors (Lipinski definition) is 1. The van der Waals surface area contributed by atoms with E-state index in [-0.39, 0.29) is 5.91 Å². The lowest BCUT2D eigenvalue weighted by Crippen LogP contribution is -2.20. The molecule has 0 heterocycles. The fraction of sp³-hybridized carbons (Fsp3) is 0.200. The Morgan fingerprint density at radius 2 is 1.88 bits per heavy atom. The van der Waals surface area contributed by atoms with Crippen LogP contribution in [-0.4, -0.2) is 19.0 Å². The van der Waals surface area contributed by atoms with Crippen molar-refractivity contribution in [3.63, 3.8) is 0 Å². The number of esters is 1. The Morgan fingerprint density at radius 1 is 1.16 bits per heavy atom. The van der Waals surface area contributed by atoms with Crippen LogP contribution in [-0.2, 0) is 16.1 Å². The normalized spacial score (nSPS) is 10.5. The van der Waals surface area contributed by atoms with E-state index in [1.165, 1.54) is 20.1 Å². The minimum absolute atomic E-state index is 0.190. The summed E-state index contributed by atoms with van der Waals surface area (Å²) in [5.74, 6) is 0.231. The fourth-order valence-corrected chi connectivity index (χ4v) is 2.31. The van der Waals surface area contributed by atoms with Crippen molar-refractivity contribution in [2.75, 3.05) is 7.11 Å². The second kappa shape index (κ2) is 8.68. The minimum atomic E-state index is -0.412. The van der Waals surface area contributed by atoms with Gasteiger partial charge in [0.05, 0.1) is 7.11 Å². The van der Waals surface area contributed by atoms with Gasteiger partial charge in [-0.25, -0.2) is 0 Å². The molecule has 2 aromatic rings. The average molecular weight is 339 g/mol. The van der Waals surface area contributed by atoms with Gasteiger partial charge in [-0.15, -0.1) is 0 Å². The number of ether oxygens (including phenoxy) is 2. The van der Waals surface area contributed by atoms with E-state index in [0.717, 1.165) is 16.7 Å². The van der Waals surface area contributed by atoms with Crippen molar-refractivity contribution in [2.24, 2.45) is 0 Å². The van der Waals surface area contributed by atoms with Gasteiger partial charge in [-0.05, 0) is 41.8 Å². The molecule has 0 spiro atoms. The number of carbonyl (C=O) groups is 2. The molecule has 1 amide bonds. The quantitative estimate of drug-likeness (QED) is 0.498. The fourth-order valence-electron chi connectivity index (χ4n) is 2.31. The third kappa shape index (κ3) is 5.49. The Morgan fingerprint density at radius 3 is 2.52 bits per heavy atom. The summed E-state index contributed by atoms with van der Waals surface area (Å²) in [4.78, 5) is 23.1. The summed E-state index contributed by atoms with van der Waals surface area (Å²) < 4.78 is 10.4. The van der Waals surface area contributed by atoms with E-state index in [9.17, 15) is 9.59 Å². The van der Waals surface area contributed by atoms with E-state index in [0.29, 0.717) is 18.0 Å². The highest BCUT2D eigenvalue weighted by Gasteiger charge is 2.11. The first-order chi connectivity index (χ1) is 12.0. The Bertz CT molecular complexity index is 782. The smallest absolute Gasteiger partial charge is 0.308 e. The Balaban J connectivity index is 2.06. The van der Waals surface area contributed by atoms with E-state index in [2.05, 4.69) is 5.32 Å². The van der Waals surface area contributed by atoms with Gasteiger partial charge < -0.3 is 14.8 Å². The van der Waals surface area contributed by atoms with Crippen LogP contribution in [0.25, 0.3) is 6.08 Å². The molecule has 0 aromatic heterocycles. The highest BCUT2D eigenvalue weighted by atomic mass is 16.6. The third-order valence-corrected chi connectivity index (χ3v) is 3.47. The maximum Gasteiger partial charge on any atom is 0.308 e. The van der Waals surface area contributed by atoms with Crippen molar-refractivity contribution in [2.45, 2.75) is 20.4 Å². The molecule has 25 heavy (non-hydrogen) atoms. The molecular formula is C20H21NO4. The number of hydrogen-bond acceptors (Lipinski definition) is 4. The van der Waals surface area contributed by atoms with Crippen molar-refractivity contribution < 1.29 is 19.1 Å². The number of methoxy groups -OCH3 is 1. The first-order valence-electron chi connectivity index (χ1n) is 7.86. The molecule has 0 saturated carbocycles. The van der Waals surface area contributed by atoms with E-state index < -0.39 is 5.97 Å². The number of rotatable bonds is 6. The van der Waals surface area contributed by atoms with Crippen LogP contribution in [0.4, 0.5) is 0 Å². The lowest BCUT2D eigenvalue weighted by Gasteiger charge is -2.12. The molecule has 2 aromatic carbocycles. The molecule has 0 fully saturated rings. The van der Waals surface area contributed by atoms with Crippen LogP contribution in [0, 0.1) is 6.92 Å². The van der Waals surface area contributed by atoms with Crippen LogP contribution >= 0.6 is 0 Å². The topological polar surface area (TPSA) is 64.6 Å². The lowest BCUT2D eigenvalue weighted by atomic mass is 10.1. The van der Waals surface area contributed by atoms with Crippen LogP contribution in [0.2, 0.25) is 0 Å². The molecule has 2 rings (SSSR count).